The van der Waals surface area contributed by atoms with Crippen LogP contribution in [0.1, 0.15) is 84.5 Å². The summed E-state index contributed by atoms with van der Waals surface area (Å²) in [4.78, 5) is 56.7. The van der Waals surface area contributed by atoms with E-state index in [-0.39, 0.29) is 60.9 Å². The zero-order valence-corrected chi connectivity index (χ0v) is 32.4. The van der Waals surface area contributed by atoms with Crippen LogP contribution in [0.5, 0.6) is 0 Å². The molecule has 4 amide bonds. The number of Topliss-reactive ketones (excluding diaryl/α,β-unsaturated/α-hetero) is 2. The number of piperidine rings is 2. The summed E-state index contributed by atoms with van der Waals surface area (Å²) in [5, 5.41) is 0. The fraction of sp³-hybridized carbons (Fsp3) is 0.636. The number of rotatable bonds is 4. The topological polar surface area (TPSA) is 118 Å². The van der Waals surface area contributed by atoms with Gasteiger partial charge in [-0.15, -0.1) is 0 Å². The molecule has 8 saturated heterocycles. The number of nitrogens with zero attached hydrogens (tertiary/aromatic N) is 4. The Hall–Kier alpha value is -3.84. The van der Waals surface area contributed by atoms with Crippen molar-refractivity contribution in [2.24, 2.45) is 11.8 Å². The van der Waals surface area contributed by atoms with E-state index >= 15 is 0 Å². The maximum absolute atomic E-state index is 12.9. The third kappa shape index (κ3) is 8.12. The van der Waals surface area contributed by atoms with Crippen LogP contribution < -0.4 is 0 Å². The van der Waals surface area contributed by atoms with Crippen molar-refractivity contribution in [3.63, 3.8) is 0 Å². The van der Waals surface area contributed by atoms with Crippen molar-refractivity contribution in [1.29, 1.82) is 0 Å². The van der Waals surface area contributed by atoms with Crippen LogP contribution in [0.25, 0.3) is 0 Å². The molecule has 2 aromatic carbocycles. The molecule has 0 spiro atoms. The van der Waals surface area contributed by atoms with Gasteiger partial charge in [0.1, 0.15) is 13.2 Å². The number of fused-ring (bicyclic) bond motifs is 2. The van der Waals surface area contributed by atoms with Gasteiger partial charge in [0.05, 0.1) is 25.4 Å². The van der Waals surface area contributed by atoms with Crippen molar-refractivity contribution in [1.82, 2.24) is 19.6 Å². The van der Waals surface area contributed by atoms with Gasteiger partial charge in [-0.2, -0.15) is 0 Å². The predicted octanol–water partition coefficient (Wildman–Crippen LogP) is 4.78. The molecule has 0 bridgehead atoms. The zero-order valence-electron chi connectivity index (χ0n) is 32.4. The van der Waals surface area contributed by atoms with Gasteiger partial charge in [0, 0.05) is 114 Å². The Bertz CT molecular complexity index is 1600. The maximum Gasteiger partial charge on any atom is 0.320 e. The molecular formula is C44H56N4O8. The van der Waals surface area contributed by atoms with E-state index in [9.17, 15) is 19.2 Å². The number of benzene rings is 2. The predicted molar refractivity (Wildman–Crippen MR) is 207 cm³/mol. The highest BCUT2D eigenvalue weighted by atomic mass is 16.5. The SMILES string of the molecule is O=C1CO[C@H]2CCN(C(=O)N3CC(c4ccc([C@@H]5CCOC5)cc4)C3)C[C@H]2C1.O=C1CO[C@H]2CCN(C(=O)N3CC(c4ccc([C@H]5CCOC5)cc4)C3)C[C@H]2C1. The maximum atomic E-state index is 12.9. The van der Waals surface area contributed by atoms with Gasteiger partial charge in [-0.1, -0.05) is 48.5 Å². The first-order valence-electron chi connectivity index (χ1n) is 21.0. The van der Waals surface area contributed by atoms with Crippen LogP contribution in [0.3, 0.4) is 0 Å². The van der Waals surface area contributed by atoms with Crippen LogP contribution in [0, 0.1) is 11.8 Å². The van der Waals surface area contributed by atoms with E-state index in [1.165, 1.54) is 22.3 Å². The quantitative estimate of drug-likeness (QED) is 0.437. The molecule has 0 N–H and O–H groups in total. The molecule has 0 saturated carbocycles. The molecule has 12 nitrogen and oxygen atoms in total. The fourth-order valence-electron chi connectivity index (χ4n) is 10.1. The summed E-state index contributed by atoms with van der Waals surface area (Å²) >= 11 is 0. The number of likely N-dealkylation sites (tertiary alicyclic amines) is 4. The molecule has 8 aliphatic heterocycles. The Morgan fingerprint density at radius 2 is 0.857 bits per heavy atom. The molecule has 300 valence electrons. The Kier molecular flexibility index (Phi) is 11.2. The summed E-state index contributed by atoms with van der Waals surface area (Å²) < 4.78 is 22.2. The summed E-state index contributed by atoms with van der Waals surface area (Å²) in [6, 6.07) is 18.0. The van der Waals surface area contributed by atoms with Crippen molar-refractivity contribution < 1.29 is 38.1 Å². The first kappa shape index (κ1) is 37.7. The minimum absolute atomic E-state index is 0.118. The van der Waals surface area contributed by atoms with Gasteiger partial charge in [0.25, 0.3) is 0 Å². The van der Waals surface area contributed by atoms with Gasteiger partial charge in [0.2, 0.25) is 0 Å². The second-order valence-corrected chi connectivity index (χ2v) is 17.4. The van der Waals surface area contributed by atoms with E-state index in [1.54, 1.807) is 0 Å². The highest BCUT2D eigenvalue weighted by molar-refractivity contribution is 5.82. The third-order valence-electron chi connectivity index (χ3n) is 13.7. The van der Waals surface area contributed by atoms with Crippen LogP contribution in [0.15, 0.2) is 48.5 Å². The van der Waals surface area contributed by atoms with Gasteiger partial charge in [-0.05, 0) is 47.9 Å². The first-order valence-corrected chi connectivity index (χ1v) is 21.0. The Labute approximate surface area is 329 Å². The third-order valence-corrected chi connectivity index (χ3v) is 13.7. The van der Waals surface area contributed by atoms with Gasteiger partial charge >= 0.3 is 12.1 Å². The highest BCUT2D eigenvalue weighted by Gasteiger charge is 2.42. The van der Waals surface area contributed by atoms with Crippen LogP contribution in [-0.4, -0.2) is 147 Å². The van der Waals surface area contributed by atoms with E-state index in [0.29, 0.717) is 49.6 Å². The molecule has 56 heavy (non-hydrogen) atoms. The normalized spacial score (nSPS) is 30.9. The van der Waals surface area contributed by atoms with Crippen LogP contribution in [0.4, 0.5) is 9.59 Å². The summed E-state index contributed by atoms with van der Waals surface area (Å²) in [6.07, 6.45) is 5.30. The second kappa shape index (κ2) is 16.6. The second-order valence-electron chi connectivity index (χ2n) is 17.4. The summed E-state index contributed by atoms with van der Waals surface area (Å²) in [5.74, 6) is 2.58. The molecule has 0 aliphatic carbocycles. The number of ether oxygens (including phenoxy) is 4. The highest BCUT2D eigenvalue weighted by Crippen LogP contribution is 2.35. The lowest BCUT2D eigenvalue weighted by Gasteiger charge is -2.46. The van der Waals surface area contributed by atoms with Crippen LogP contribution in [0.2, 0.25) is 0 Å². The zero-order chi connectivity index (χ0) is 38.2. The monoisotopic (exact) mass is 768 g/mol. The van der Waals surface area contributed by atoms with Crippen LogP contribution >= 0.6 is 0 Å². The molecule has 0 unspecified atom stereocenters. The van der Waals surface area contributed by atoms with E-state index in [4.69, 9.17) is 18.9 Å². The molecule has 10 rings (SSSR count). The Morgan fingerprint density at radius 1 is 0.482 bits per heavy atom. The number of hydrogen-bond acceptors (Lipinski definition) is 8. The molecule has 12 heteroatoms. The lowest BCUT2D eigenvalue weighted by atomic mass is 9.87. The summed E-state index contributed by atoms with van der Waals surface area (Å²) in [7, 11) is 0. The van der Waals surface area contributed by atoms with Crippen molar-refractivity contribution in [3.8, 4) is 0 Å². The van der Waals surface area contributed by atoms with Gasteiger partial charge in [-0.3, -0.25) is 9.59 Å². The minimum Gasteiger partial charge on any atom is -0.381 e. The van der Waals surface area contributed by atoms with E-state index in [2.05, 4.69) is 48.5 Å². The molecule has 8 aliphatic rings. The largest absolute Gasteiger partial charge is 0.381 e. The Morgan fingerprint density at radius 3 is 1.21 bits per heavy atom. The van der Waals surface area contributed by atoms with Gasteiger partial charge < -0.3 is 38.5 Å². The molecule has 2 aromatic rings. The summed E-state index contributed by atoms with van der Waals surface area (Å²) in [5.41, 5.74) is 5.36. The van der Waals surface area contributed by atoms with Crippen LogP contribution in [-0.2, 0) is 28.5 Å². The molecular weight excluding hydrogens is 713 g/mol. The molecule has 0 aromatic heterocycles. The standard InChI is InChI=1S/2C22H28N2O4/c2*25-20-9-18-10-23(7-5-21(18)28-14-20)22(26)24-11-19(12-24)16-3-1-15(2-4-16)17-6-8-27-13-17/h2*1-4,17-19,21H,5-14H2/t17-,18+,21-;17-,18-,21+/m01/s1. The molecule has 0 radical (unpaired) electrons. The van der Waals surface area contributed by atoms with Crippen molar-refractivity contribution in [2.75, 3.05) is 92.0 Å². The number of urea groups is 2. The lowest BCUT2D eigenvalue weighted by Crippen LogP contribution is -2.58. The number of amides is 4. The first-order chi connectivity index (χ1) is 27.3. The number of carbonyl (C=O) groups is 4. The number of ketones is 2. The van der Waals surface area contributed by atoms with Crippen molar-refractivity contribution in [3.05, 3.63) is 70.8 Å². The molecule has 6 atom stereocenters. The van der Waals surface area contributed by atoms with Gasteiger partial charge in [-0.25, -0.2) is 9.59 Å². The average molecular weight is 769 g/mol. The summed E-state index contributed by atoms with van der Waals surface area (Å²) in [6.45, 7) is 9.77. The van der Waals surface area contributed by atoms with Crippen molar-refractivity contribution >= 4 is 23.6 Å². The van der Waals surface area contributed by atoms with E-state index in [0.717, 1.165) is 91.4 Å². The molecule has 8 heterocycles. The minimum atomic E-state index is 0.118. The Balaban J connectivity index is 0.000000146. The number of hydrogen-bond donors (Lipinski definition) is 0. The number of carbonyl (C=O) groups excluding carboxylic acids is 4. The fourth-order valence-corrected chi connectivity index (χ4v) is 10.1. The molecule has 8 fully saturated rings. The average Bonchev–Trinajstić information content (AvgIpc) is 3.93. The smallest absolute Gasteiger partial charge is 0.320 e. The van der Waals surface area contributed by atoms with Gasteiger partial charge in [0.15, 0.2) is 11.6 Å². The van der Waals surface area contributed by atoms with E-state index in [1.807, 2.05) is 19.6 Å². The van der Waals surface area contributed by atoms with E-state index < -0.39 is 0 Å². The van der Waals surface area contributed by atoms with Crippen molar-refractivity contribution in [2.45, 2.75) is 74.4 Å². The lowest BCUT2D eigenvalue weighted by molar-refractivity contribution is -0.140.